The molecular weight excluding hydrogens is 253 g/mol. The summed E-state index contributed by atoms with van der Waals surface area (Å²) in [5.74, 6) is 0.811. The van der Waals surface area contributed by atoms with Crippen LogP contribution in [0.1, 0.15) is 31.2 Å². The van der Waals surface area contributed by atoms with Crippen molar-refractivity contribution in [3.63, 3.8) is 0 Å². The maximum absolute atomic E-state index is 6.06. The first kappa shape index (κ1) is 11.8. The van der Waals surface area contributed by atoms with Crippen LogP contribution in [0.5, 0.6) is 0 Å². The fraction of sp³-hybridized carbons (Fsp3) is 0.571. The lowest BCUT2D eigenvalue weighted by molar-refractivity contribution is 0.298. The van der Waals surface area contributed by atoms with E-state index >= 15 is 0 Å². The molecule has 2 heterocycles. The van der Waals surface area contributed by atoms with Crippen molar-refractivity contribution < 1.29 is 0 Å². The molecule has 2 bridgehead atoms. The molecule has 2 fully saturated rings. The van der Waals surface area contributed by atoms with Crippen LogP contribution in [0.15, 0.2) is 18.2 Å². The van der Waals surface area contributed by atoms with Gasteiger partial charge in [0.15, 0.2) is 0 Å². The van der Waals surface area contributed by atoms with E-state index in [0.29, 0.717) is 10.0 Å². The Morgan fingerprint density at radius 3 is 2.41 bits per heavy atom. The molecule has 0 saturated carbocycles. The summed E-state index contributed by atoms with van der Waals surface area (Å²) in [4.78, 5) is 0. The number of hydrogen-bond donors (Lipinski definition) is 1. The van der Waals surface area contributed by atoms with Gasteiger partial charge in [-0.15, -0.1) is 0 Å². The molecule has 17 heavy (non-hydrogen) atoms. The summed E-state index contributed by atoms with van der Waals surface area (Å²) in [6.07, 6.45) is 6.50. The van der Waals surface area contributed by atoms with E-state index in [1.807, 2.05) is 12.1 Å². The van der Waals surface area contributed by atoms with Crippen LogP contribution >= 0.6 is 23.2 Å². The number of halogens is 2. The van der Waals surface area contributed by atoms with E-state index in [1.54, 1.807) is 0 Å². The topological polar surface area (TPSA) is 12.0 Å². The van der Waals surface area contributed by atoms with E-state index in [0.717, 1.165) is 24.4 Å². The van der Waals surface area contributed by atoms with Gasteiger partial charge in [-0.1, -0.05) is 29.3 Å². The minimum atomic E-state index is 0.654. The molecule has 1 aromatic rings. The third kappa shape index (κ3) is 2.62. The minimum Gasteiger partial charge on any atom is -0.311 e. The number of hydrogen-bond acceptors (Lipinski definition) is 1. The van der Waals surface area contributed by atoms with Crippen molar-refractivity contribution in [3.8, 4) is 0 Å². The minimum absolute atomic E-state index is 0.654. The number of nitrogens with one attached hydrogen (secondary N) is 1. The molecule has 0 spiro atoms. The van der Waals surface area contributed by atoms with Crippen molar-refractivity contribution in [3.05, 3.63) is 33.8 Å². The molecule has 0 amide bonds. The fourth-order valence-corrected chi connectivity index (χ4v) is 3.66. The SMILES string of the molecule is Clc1ccc(CC2CC3CCC(C2)N3)cc1Cl. The van der Waals surface area contributed by atoms with Crippen molar-refractivity contribution >= 4 is 23.2 Å². The van der Waals surface area contributed by atoms with Gasteiger partial charge in [0.25, 0.3) is 0 Å². The molecular formula is C14H17Cl2N. The quantitative estimate of drug-likeness (QED) is 0.854. The zero-order chi connectivity index (χ0) is 11.8. The highest BCUT2D eigenvalue weighted by Crippen LogP contribution is 2.33. The van der Waals surface area contributed by atoms with Gasteiger partial charge in [-0.3, -0.25) is 0 Å². The van der Waals surface area contributed by atoms with Gasteiger partial charge in [-0.25, -0.2) is 0 Å². The van der Waals surface area contributed by atoms with Gasteiger partial charge < -0.3 is 5.32 Å². The van der Waals surface area contributed by atoms with E-state index in [2.05, 4.69) is 11.4 Å². The first-order valence-corrected chi connectivity index (χ1v) is 7.16. The van der Waals surface area contributed by atoms with Gasteiger partial charge in [-0.2, -0.15) is 0 Å². The highest BCUT2D eigenvalue weighted by atomic mass is 35.5. The van der Waals surface area contributed by atoms with Gasteiger partial charge in [0, 0.05) is 12.1 Å². The summed E-state index contributed by atoms with van der Waals surface area (Å²) >= 11 is 12.0. The average Bonchev–Trinajstić information content (AvgIpc) is 2.64. The van der Waals surface area contributed by atoms with Gasteiger partial charge in [0.1, 0.15) is 0 Å². The van der Waals surface area contributed by atoms with Gasteiger partial charge in [0.2, 0.25) is 0 Å². The largest absolute Gasteiger partial charge is 0.311 e. The van der Waals surface area contributed by atoms with Crippen LogP contribution < -0.4 is 5.32 Å². The van der Waals surface area contributed by atoms with E-state index in [1.165, 1.54) is 31.2 Å². The van der Waals surface area contributed by atoms with Crippen LogP contribution in [0, 0.1) is 5.92 Å². The van der Waals surface area contributed by atoms with E-state index in [-0.39, 0.29) is 0 Å². The molecule has 2 atom stereocenters. The van der Waals surface area contributed by atoms with Crippen LogP contribution in [0.25, 0.3) is 0 Å². The first-order chi connectivity index (χ1) is 8.20. The van der Waals surface area contributed by atoms with Crippen LogP contribution in [0.3, 0.4) is 0 Å². The van der Waals surface area contributed by atoms with E-state index < -0.39 is 0 Å². The van der Waals surface area contributed by atoms with Gasteiger partial charge in [0.05, 0.1) is 10.0 Å². The summed E-state index contributed by atoms with van der Waals surface area (Å²) in [7, 11) is 0. The van der Waals surface area contributed by atoms with Gasteiger partial charge >= 0.3 is 0 Å². The Morgan fingerprint density at radius 1 is 1.06 bits per heavy atom. The highest BCUT2D eigenvalue weighted by Gasteiger charge is 2.33. The standard InChI is InChI=1S/C14H17Cl2N/c15-13-4-1-9(8-14(13)16)5-10-6-11-2-3-12(7-10)17-11/h1,4,8,10-12,17H,2-3,5-7H2. The van der Waals surface area contributed by atoms with E-state index in [4.69, 9.17) is 23.2 Å². The fourth-order valence-electron chi connectivity index (χ4n) is 3.34. The second-order valence-corrected chi connectivity index (χ2v) is 6.24. The third-order valence-electron chi connectivity index (χ3n) is 4.08. The zero-order valence-electron chi connectivity index (χ0n) is 9.76. The van der Waals surface area contributed by atoms with Crippen molar-refractivity contribution in [2.24, 2.45) is 5.92 Å². The number of piperidine rings is 1. The molecule has 1 nitrogen and oxygen atoms in total. The van der Waals surface area contributed by atoms with Crippen LogP contribution in [0.4, 0.5) is 0 Å². The van der Waals surface area contributed by atoms with Gasteiger partial charge in [-0.05, 0) is 55.7 Å². The molecule has 2 aliphatic heterocycles. The molecule has 2 aliphatic rings. The van der Waals surface area contributed by atoms with Crippen molar-refractivity contribution in [2.45, 2.75) is 44.2 Å². The monoisotopic (exact) mass is 269 g/mol. The molecule has 0 radical (unpaired) electrons. The summed E-state index contributed by atoms with van der Waals surface area (Å²) in [5.41, 5.74) is 1.32. The first-order valence-electron chi connectivity index (χ1n) is 6.40. The second-order valence-electron chi connectivity index (χ2n) is 5.43. The molecule has 3 heteroatoms. The Balaban J connectivity index is 1.68. The lowest BCUT2D eigenvalue weighted by Gasteiger charge is -2.29. The molecule has 2 unspecified atom stereocenters. The van der Waals surface area contributed by atoms with Crippen LogP contribution in [0.2, 0.25) is 10.0 Å². The Hall–Kier alpha value is -0.240. The summed E-state index contributed by atoms with van der Waals surface area (Å²) in [6, 6.07) is 7.57. The Bertz CT molecular complexity index is 407. The number of benzene rings is 1. The molecule has 3 rings (SSSR count). The molecule has 0 aliphatic carbocycles. The normalized spacial score (nSPS) is 31.8. The lowest BCUT2D eigenvalue weighted by atomic mass is 9.87. The van der Waals surface area contributed by atoms with Crippen LogP contribution in [-0.2, 0) is 6.42 Å². The lowest BCUT2D eigenvalue weighted by Crippen LogP contribution is -2.38. The summed E-state index contributed by atoms with van der Waals surface area (Å²) in [6.45, 7) is 0. The van der Waals surface area contributed by atoms with E-state index in [9.17, 15) is 0 Å². The Labute approximate surface area is 112 Å². The number of rotatable bonds is 2. The molecule has 1 aromatic carbocycles. The summed E-state index contributed by atoms with van der Waals surface area (Å²) < 4.78 is 0. The molecule has 1 N–H and O–H groups in total. The maximum Gasteiger partial charge on any atom is 0.0595 e. The van der Waals surface area contributed by atoms with Crippen molar-refractivity contribution in [1.82, 2.24) is 5.32 Å². The maximum atomic E-state index is 6.06. The highest BCUT2D eigenvalue weighted by molar-refractivity contribution is 6.42. The summed E-state index contributed by atoms with van der Waals surface area (Å²) in [5, 5.41) is 5.01. The predicted octanol–water partition coefficient (Wildman–Crippen LogP) is 4.07. The molecule has 0 aromatic heterocycles. The smallest absolute Gasteiger partial charge is 0.0595 e. The molecule has 92 valence electrons. The molecule has 2 saturated heterocycles. The Morgan fingerprint density at radius 2 is 1.76 bits per heavy atom. The second kappa shape index (κ2) is 4.79. The third-order valence-corrected chi connectivity index (χ3v) is 4.82. The predicted molar refractivity (Wildman–Crippen MR) is 72.8 cm³/mol. The van der Waals surface area contributed by atoms with Crippen molar-refractivity contribution in [2.75, 3.05) is 0 Å². The van der Waals surface area contributed by atoms with Crippen LogP contribution in [-0.4, -0.2) is 12.1 Å². The number of fused-ring (bicyclic) bond motifs is 2. The zero-order valence-corrected chi connectivity index (χ0v) is 11.3. The Kier molecular flexibility index (Phi) is 3.34. The average molecular weight is 270 g/mol. The van der Waals surface area contributed by atoms with Crippen molar-refractivity contribution in [1.29, 1.82) is 0 Å².